The fourth-order valence-electron chi connectivity index (χ4n) is 3.23. The van der Waals surface area contributed by atoms with Crippen LogP contribution in [0.1, 0.15) is 40.0 Å². The number of likely N-dealkylation sites (N-methyl/N-ethyl adjacent to an activating group) is 1. The van der Waals surface area contributed by atoms with Crippen LogP contribution in [0.25, 0.3) is 0 Å². The van der Waals surface area contributed by atoms with Gasteiger partial charge in [-0.2, -0.15) is 0 Å². The van der Waals surface area contributed by atoms with Gasteiger partial charge in [-0.1, -0.05) is 6.92 Å². The lowest BCUT2D eigenvalue weighted by Gasteiger charge is -2.36. The lowest BCUT2D eigenvalue weighted by atomic mass is 9.91. The third-order valence-electron chi connectivity index (χ3n) is 4.54. The van der Waals surface area contributed by atoms with Gasteiger partial charge in [0.1, 0.15) is 5.54 Å². The molecule has 0 saturated heterocycles. The molecule has 0 aromatic rings. The Morgan fingerprint density at radius 3 is 2.42 bits per heavy atom. The summed E-state index contributed by atoms with van der Waals surface area (Å²) in [7, 11) is 2.06. The Bertz CT molecular complexity index is 341. The first-order valence-corrected chi connectivity index (χ1v) is 7.54. The Balaban J connectivity index is 2.01. The molecule has 4 nitrogen and oxygen atoms in total. The van der Waals surface area contributed by atoms with Crippen LogP contribution in [-0.4, -0.2) is 47.7 Å². The van der Waals surface area contributed by atoms with Gasteiger partial charge in [0.2, 0.25) is 0 Å². The van der Waals surface area contributed by atoms with Crippen LogP contribution >= 0.6 is 0 Å². The Labute approximate surface area is 116 Å². The standard InChI is InChI=1S/C15H28N2O2/c1-10(2)16-15(14(18)19,13-5-6-13)9-17(4)8-12-7-11(12)3/h10-13,16H,5-9H2,1-4H3,(H,18,19). The molecule has 0 heterocycles. The van der Waals surface area contributed by atoms with E-state index in [9.17, 15) is 9.90 Å². The Hall–Kier alpha value is -0.610. The molecule has 2 aliphatic carbocycles. The van der Waals surface area contributed by atoms with E-state index in [-0.39, 0.29) is 6.04 Å². The van der Waals surface area contributed by atoms with E-state index in [4.69, 9.17) is 0 Å². The van der Waals surface area contributed by atoms with Gasteiger partial charge in [0.15, 0.2) is 0 Å². The van der Waals surface area contributed by atoms with Crippen LogP contribution in [0.5, 0.6) is 0 Å². The van der Waals surface area contributed by atoms with Crippen LogP contribution in [0, 0.1) is 17.8 Å². The Morgan fingerprint density at radius 1 is 1.47 bits per heavy atom. The van der Waals surface area contributed by atoms with Crippen LogP contribution < -0.4 is 5.32 Å². The smallest absolute Gasteiger partial charge is 0.325 e. The maximum Gasteiger partial charge on any atom is 0.325 e. The van der Waals surface area contributed by atoms with E-state index in [2.05, 4.69) is 24.2 Å². The van der Waals surface area contributed by atoms with Crippen LogP contribution in [0.2, 0.25) is 0 Å². The molecule has 110 valence electrons. The van der Waals surface area contributed by atoms with Gasteiger partial charge < -0.3 is 10.0 Å². The van der Waals surface area contributed by atoms with Crippen molar-refractivity contribution in [1.29, 1.82) is 0 Å². The van der Waals surface area contributed by atoms with Crippen molar-refractivity contribution in [1.82, 2.24) is 10.2 Å². The first-order valence-electron chi connectivity index (χ1n) is 7.54. The van der Waals surface area contributed by atoms with Crippen LogP contribution in [0.15, 0.2) is 0 Å². The summed E-state index contributed by atoms with van der Waals surface area (Å²) >= 11 is 0. The highest BCUT2D eigenvalue weighted by molar-refractivity contribution is 5.80. The van der Waals surface area contributed by atoms with E-state index in [1.807, 2.05) is 13.8 Å². The summed E-state index contributed by atoms with van der Waals surface area (Å²) in [6.07, 6.45) is 3.38. The summed E-state index contributed by atoms with van der Waals surface area (Å²) in [5, 5.41) is 13.1. The molecule has 2 saturated carbocycles. The summed E-state index contributed by atoms with van der Waals surface area (Å²) < 4.78 is 0. The predicted octanol–water partition coefficient (Wildman–Crippen LogP) is 1.81. The Morgan fingerprint density at radius 2 is 2.05 bits per heavy atom. The number of carboxylic acids is 1. The van der Waals surface area contributed by atoms with Crippen LogP contribution in [-0.2, 0) is 4.79 Å². The molecule has 0 aliphatic heterocycles. The summed E-state index contributed by atoms with van der Waals surface area (Å²) in [6, 6.07) is 0.199. The van der Waals surface area contributed by atoms with Crippen LogP contribution in [0.3, 0.4) is 0 Å². The van der Waals surface area contributed by atoms with Gasteiger partial charge >= 0.3 is 5.97 Å². The third kappa shape index (κ3) is 3.48. The minimum Gasteiger partial charge on any atom is -0.480 e. The fraction of sp³-hybridized carbons (Fsp3) is 0.933. The lowest BCUT2D eigenvalue weighted by Crippen LogP contribution is -2.62. The molecular weight excluding hydrogens is 240 g/mol. The number of hydrogen-bond acceptors (Lipinski definition) is 3. The predicted molar refractivity (Wildman–Crippen MR) is 76.1 cm³/mol. The zero-order valence-corrected chi connectivity index (χ0v) is 12.6. The number of nitrogens with one attached hydrogen (secondary N) is 1. The number of carbonyl (C=O) groups is 1. The third-order valence-corrected chi connectivity index (χ3v) is 4.54. The van der Waals surface area contributed by atoms with Crippen molar-refractivity contribution in [2.75, 3.05) is 20.1 Å². The van der Waals surface area contributed by atoms with Crippen molar-refractivity contribution in [3.05, 3.63) is 0 Å². The van der Waals surface area contributed by atoms with Gasteiger partial charge in [-0.25, -0.2) is 0 Å². The zero-order valence-electron chi connectivity index (χ0n) is 12.6. The molecule has 4 heteroatoms. The number of nitrogens with zero attached hydrogens (tertiary/aromatic N) is 1. The van der Waals surface area contributed by atoms with E-state index >= 15 is 0 Å². The van der Waals surface area contributed by atoms with E-state index in [1.165, 1.54) is 6.42 Å². The molecule has 2 fully saturated rings. The van der Waals surface area contributed by atoms with Crippen molar-refractivity contribution in [2.45, 2.75) is 51.6 Å². The maximum absolute atomic E-state index is 11.9. The molecule has 0 bridgehead atoms. The van der Waals surface area contributed by atoms with Gasteiger partial charge in [-0.05, 0) is 57.9 Å². The molecular formula is C15H28N2O2. The van der Waals surface area contributed by atoms with Crippen molar-refractivity contribution in [2.24, 2.45) is 17.8 Å². The van der Waals surface area contributed by atoms with Crippen LogP contribution in [0.4, 0.5) is 0 Å². The summed E-state index contributed by atoms with van der Waals surface area (Å²) in [4.78, 5) is 14.1. The van der Waals surface area contributed by atoms with E-state index in [0.717, 1.165) is 31.2 Å². The number of carboxylic acid groups (broad SMARTS) is 1. The molecule has 0 aromatic carbocycles. The summed E-state index contributed by atoms with van der Waals surface area (Å²) in [5.74, 6) is 1.21. The number of hydrogen-bond donors (Lipinski definition) is 2. The van der Waals surface area contributed by atoms with E-state index < -0.39 is 11.5 Å². The van der Waals surface area contributed by atoms with Gasteiger partial charge in [0, 0.05) is 19.1 Å². The van der Waals surface area contributed by atoms with Crippen molar-refractivity contribution in [3.8, 4) is 0 Å². The average molecular weight is 268 g/mol. The molecule has 2 aliphatic rings. The average Bonchev–Trinajstić information content (AvgIpc) is 3.14. The summed E-state index contributed by atoms with van der Waals surface area (Å²) in [6.45, 7) is 7.99. The molecule has 2 N–H and O–H groups in total. The molecule has 0 aromatic heterocycles. The molecule has 0 radical (unpaired) electrons. The largest absolute Gasteiger partial charge is 0.480 e. The highest BCUT2D eigenvalue weighted by Crippen LogP contribution is 2.42. The summed E-state index contributed by atoms with van der Waals surface area (Å²) in [5.41, 5.74) is -0.749. The quantitative estimate of drug-likeness (QED) is 0.705. The van der Waals surface area contributed by atoms with E-state index in [0.29, 0.717) is 12.5 Å². The zero-order chi connectivity index (χ0) is 14.2. The lowest BCUT2D eigenvalue weighted by molar-refractivity contribution is -0.147. The maximum atomic E-state index is 11.9. The van der Waals surface area contributed by atoms with Crippen molar-refractivity contribution in [3.63, 3.8) is 0 Å². The molecule has 19 heavy (non-hydrogen) atoms. The first kappa shape index (κ1) is 14.8. The van der Waals surface area contributed by atoms with Gasteiger partial charge in [0.25, 0.3) is 0 Å². The SMILES string of the molecule is CC(C)NC(CN(C)CC1CC1C)(C(=O)O)C1CC1. The van der Waals surface area contributed by atoms with E-state index in [1.54, 1.807) is 0 Å². The number of aliphatic carboxylic acids is 1. The highest BCUT2D eigenvalue weighted by atomic mass is 16.4. The highest BCUT2D eigenvalue weighted by Gasteiger charge is 2.52. The Kier molecular flexibility index (Phi) is 4.21. The second-order valence-electron chi connectivity index (χ2n) is 7.02. The molecule has 3 unspecified atom stereocenters. The minimum absolute atomic E-state index is 0.199. The topological polar surface area (TPSA) is 52.6 Å². The van der Waals surface area contributed by atoms with Crippen molar-refractivity contribution >= 4 is 5.97 Å². The molecule has 2 rings (SSSR count). The van der Waals surface area contributed by atoms with Crippen molar-refractivity contribution < 1.29 is 9.90 Å². The van der Waals surface area contributed by atoms with Gasteiger partial charge in [-0.15, -0.1) is 0 Å². The second-order valence-corrected chi connectivity index (χ2v) is 7.02. The molecule has 3 atom stereocenters. The first-order chi connectivity index (χ1) is 8.85. The second kappa shape index (κ2) is 5.41. The molecule has 0 amide bonds. The monoisotopic (exact) mass is 268 g/mol. The minimum atomic E-state index is -0.749. The fourth-order valence-corrected chi connectivity index (χ4v) is 3.23. The van der Waals surface area contributed by atoms with Gasteiger partial charge in [-0.3, -0.25) is 10.1 Å². The molecule has 0 spiro atoms. The van der Waals surface area contributed by atoms with Gasteiger partial charge in [0.05, 0.1) is 0 Å². The number of rotatable bonds is 8. The normalized spacial score (nSPS) is 29.6.